The first-order valence-electron chi connectivity index (χ1n) is 3.89. The van der Waals surface area contributed by atoms with Crippen LogP contribution in [0, 0.1) is 6.92 Å². The van der Waals surface area contributed by atoms with Crippen LogP contribution in [0.5, 0.6) is 0 Å². The lowest BCUT2D eigenvalue weighted by molar-refractivity contribution is 0.606. The summed E-state index contributed by atoms with van der Waals surface area (Å²) in [5.74, 6) is 0. The maximum atomic E-state index is 4.20. The van der Waals surface area contributed by atoms with E-state index in [2.05, 4.69) is 24.1 Å². The Hall–Kier alpha value is -0.410. The molecule has 0 aliphatic carbocycles. The third-order valence-electron chi connectivity index (χ3n) is 1.58. The van der Waals surface area contributed by atoms with Crippen LogP contribution >= 0.6 is 11.3 Å². The quantitative estimate of drug-likeness (QED) is 0.751. The van der Waals surface area contributed by atoms with Crippen LogP contribution in [0.15, 0.2) is 6.20 Å². The maximum absolute atomic E-state index is 4.20. The summed E-state index contributed by atoms with van der Waals surface area (Å²) < 4.78 is 0. The van der Waals surface area contributed by atoms with E-state index in [1.165, 1.54) is 4.88 Å². The molecular formula is C8H14N2S. The Labute approximate surface area is 71.7 Å². The van der Waals surface area contributed by atoms with E-state index in [1.54, 1.807) is 11.3 Å². The first-order chi connectivity index (χ1) is 5.24. The third-order valence-corrected chi connectivity index (χ3v) is 2.67. The molecule has 0 spiro atoms. The van der Waals surface area contributed by atoms with Gasteiger partial charge in [0.25, 0.3) is 0 Å². The van der Waals surface area contributed by atoms with Gasteiger partial charge in [-0.15, -0.1) is 11.3 Å². The summed E-state index contributed by atoms with van der Waals surface area (Å²) in [4.78, 5) is 5.52. The average molecular weight is 170 g/mol. The van der Waals surface area contributed by atoms with E-state index in [0.29, 0.717) is 6.04 Å². The fourth-order valence-electron chi connectivity index (χ4n) is 0.985. The largest absolute Gasteiger partial charge is 0.310 e. The zero-order valence-electron chi connectivity index (χ0n) is 7.22. The summed E-state index contributed by atoms with van der Waals surface area (Å²) in [5.41, 5.74) is 0. The molecular weight excluding hydrogens is 156 g/mol. The summed E-state index contributed by atoms with van der Waals surface area (Å²) in [6.07, 6.45) is 1.95. The standard InChI is InChI=1S/C8H14N2S/c1-4-9-6(2)8-5-10-7(3)11-8/h5-6,9H,4H2,1-3H3. The first-order valence-corrected chi connectivity index (χ1v) is 4.71. The van der Waals surface area contributed by atoms with Crippen molar-refractivity contribution >= 4 is 11.3 Å². The zero-order chi connectivity index (χ0) is 8.27. The molecule has 1 N–H and O–H groups in total. The van der Waals surface area contributed by atoms with E-state index in [0.717, 1.165) is 11.6 Å². The van der Waals surface area contributed by atoms with Crippen molar-refractivity contribution in [3.8, 4) is 0 Å². The molecule has 1 unspecified atom stereocenters. The van der Waals surface area contributed by atoms with E-state index >= 15 is 0 Å². The van der Waals surface area contributed by atoms with Crippen LogP contribution < -0.4 is 5.32 Å². The van der Waals surface area contributed by atoms with E-state index in [9.17, 15) is 0 Å². The van der Waals surface area contributed by atoms with Gasteiger partial charge in [0.1, 0.15) is 0 Å². The fraction of sp³-hybridized carbons (Fsp3) is 0.625. The molecule has 0 amide bonds. The minimum atomic E-state index is 0.450. The van der Waals surface area contributed by atoms with Crippen LogP contribution in [0.3, 0.4) is 0 Å². The molecule has 2 nitrogen and oxygen atoms in total. The minimum absolute atomic E-state index is 0.450. The second kappa shape index (κ2) is 3.83. The summed E-state index contributed by atoms with van der Waals surface area (Å²) in [6.45, 7) is 7.33. The molecule has 62 valence electrons. The van der Waals surface area contributed by atoms with Crippen molar-refractivity contribution < 1.29 is 0 Å². The highest BCUT2D eigenvalue weighted by atomic mass is 32.1. The van der Waals surface area contributed by atoms with Crippen molar-refractivity contribution in [3.05, 3.63) is 16.1 Å². The molecule has 0 aliphatic heterocycles. The van der Waals surface area contributed by atoms with E-state index in [-0.39, 0.29) is 0 Å². The van der Waals surface area contributed by atoms with Gasteiger partial charge in [-0.05, 0) is 20.4 Å². The van der Waals surface area contributed by atoms with Crippen molar-refractivity contribution in [1.82, 2.24) is 10.3 Å². The second-order valence-electron chi connectivity index (χ2n) is 2.56. The van der Waals surface area contributed by atoms with Crippen molar-refractivity contribution in [2.24, 2.45) is 0 Å². The van der Waals surface area contributed by atoms with Gasteiger partial charge >= 0.3 is 0 Å². The molecule has 1 aromatic rings. The van der Waals surface area contributed by atoms with Gasteiger partial charge in [-0.25, -0.2) is 4.98 Å². The molecule has 0 bridgehead atoms. The van der Waals surface area contributed by atoms with E-state index in [4.69, 9.17) is 0 Å². The molecule has 0 aromatic carbocycles. The number of aromatic nitrogens is 1. The van der Waals surface area contributed by atoms with Gasteiger partial charge in [-0.3, -0.25) is 0 Å². The first kappa shape index (κ1) is 8.68. The number of aryl methyl sites for hydroxylation is 1. The van der Waals surface area contributed by atoms with E-state index in [1.807, 2.05) is 13.1 Å². The molecule has 0 radical (unpaired) electrons. The van der Waals surface area contributed by atoms with Gasteiger partial charge < -0.3 is 5.32 Å². The van der Waals surface area contributed by atoms with E-state index < -0.39 is 0 Å². The Balaban J connectivity index is 2.60. The van der Waals surface area contributed by atoms with Crippen LogP contribution in [-0.2, 0) is 0 Å². The Bertz CT molecular complexity index is 220. The Kier molecular flexibility index (Phi) is 3.02. The molecule has 0 fully saturated rings. The summed E-state index contributed by atoms with van der Waals surface area (Å²) >= 11 is 1.76. The predicted octanol–water partition coefficient (Wildman–Crippen LogP) is 2.12. The highest BCUT2D eigenvalue weighted by Gasteiger charge is 2.05. The number of thiazole rings is 1. The minimum Gasteiger partial charge on any atom is -0.310 e. The van der Waals surface area contributed by atoms with Crippen molar-refractivity contribution in [2.75, 3.05) is 6.54 Å². The lowest BCUT2D eigenvalue weighted by Gasteiger charge is -2.07. The number of hydrogen-bond donors (Lipinski definition) is 1. The van der Waals surface area contributed by atoms with Gasteiger partial charge in [-0.2, -0.15) is 0 Å². The highest BCUT2D eigenvalue weighted by molar-refractivity contribution is 7.11. The number of nitrogens with one attached hydrogen (secondary N) is 1. The van der Waals surface area contributed by atoms with Crippen molar-refractivity contribution in [2.45, 2.75) is 26.8 Å². The van der Waals surface area contributed by atoms with Gasteiger partial charge in [0, 0.05) is 17.1 Å². The Morgan fingerprint density at radius 2 is 2.45 bits per heavy atom. The van der Waals surface area contributed by atoms with Crippen LogP contribution in [0.1, 0.15) is 29.8 Å². The Morgan fingerprint density at radius 1 is 1.73 bits per heavy atom. The molecule has 1 aromatic heterocycles. The molecule has 0 aliphatic rings. The Morgan fingerprint density at radius 3 is 2.91 bits per heavy atom. The predicted molar refractivity (Wildman–Crippen MR) is 48.9 cm³/mol. The molecule has 0 saturated heterocycles. The summed E-state index contributed by atoms with van der Waals surface area (Å²) in [7, 11) is 0. The van der Waals surface area contributed by atoms with Crippen LogP contribution in [0.4, 0.5) is 0 Å². The lowest BCUT2D eigenvalue weighted by Crippen LogP contribution is -2.16. The summed E-state index contributed by atoms with van der Waals surface area (Å²) in [5, 5.41) is 4.49. The van der Waals surface area contributed by atoms with Crippen LogP contribution in [-0.4, -0.2) is 11.5 Å². The topological polar surface area (TPSA) is 24.9 Å². The molecule has 0 saturated carbocycles. The number of hydrogen-bond acceptors (Lipinski definition) is 3. The second-order valence-corrected chi connectivity index (χ2v) is 3.83. The van der Waals surface area contributed by atoms with Gasteiger partial charge in [-0.1, -0.05) is 6.92 Å². The zero-order valence-corrected chi connectivity index (χ0v) is 8.03. The highest BCUT2D eigenvalue weighted by Crippen LogP contribution is 2.19. The van der Waals surface area contributed by atoms with Crippen LogP contribution in [0.25, 0.3) is 0 Å². The lowest BCUT2D eigenvalue weighted by atomic mass is 10.3. The van der Waals surface area contributed by atoms with Crippen molar-refractivity contribution in [3.63, 3.8) is 0 Å². The monoisotopic (exact) mass is 170 g/mol. The number of rotatable bonds is 3. The van der Waals surface area contributed by atoms with Gasteiger partial charge in [0.05, 0.1) is 5.01 Å². The van der Waals surface area contributed by atoms with Gasteiger partial charge in [0.2, 0.25) is 0 Å². The maximum Gasteiger partial charge on any atom is 0.0897 e. The number of nitrogens with zero attached hydrogens (tertiary/aromatic N) is 1. The SMILES string of the molecule is CCNC(C)c1cnc(C)s1. The molecule has 1 atom stereocenters. The normalized spacial score (nSPS) is 13.4. The summed E-state index contributed by atoms with van der Waals surface area (Å²) in [6, 6.07) is 0.450. The van der Waals surface area contributed by atoms with Crippen molar-refractivity contribution in [1.29, 1.82) is 0 Å². The fourth-order valence-corrected chi connectivity index (χ4v) is 1.80. The average Bonchev–Trinajstić information content (AvgIpc) is 2.36. The molecule has 1 rings (SSSR count). The molecule has 11 heavy (non-hydrogen) atoms. The molecule has 1 heterocycles. The third kappa shape index (κ3) is 2.27. The molecule has 3 heteroatoms. The van der Waals surface area contributed by atoms with Crippen LogP contribution in [0.2, 0.25) is 0 Å². The van der Waals surface area contributed by atoms with Gasteiger partial charge in [0.15, 0.2) is 0 Å². The smallest absolute Gasteiger partial charge is 0.0897 e.